The molecule has 2 aromatic rings. The summed E-state index contributed by atoms with van der Waals surface area (Å²) in [5.74, 6) is 0.369. The number of hydrogen-bond donors (Lipinski definition) is 2. The van der Waals surface area contributed by atoms with E-state index in [0.717, 1.165) is 6.42 Å². The third-order valence-corrected chi connectivity index (χ3v) is 5.25. The summed E-state index contributed by atoms with van der Waals surface area (Å²) in [5.41, 5.74) is 0.722. The summed E-state index contributed by atoms with van der Waals surface area (Å²) in [4.78, 5) is 12.3. The first-order chi connectivity index (χ1) is 12.7. The number of nitrogens with one attached hydrogen (secondary N) is 2. The van der Waals surface area contributed by atoms with Crippen LogP contribution >= 0.6 is 0 Å². The van der Waals surface area contributed by atoms with Crippen molar-refractivity contribution in [2.45, 2.75) is 51.2 Å². The van der Waals surface area contributed by atoms with Crippen LogP contribution in [-0.2, 0) is 10.0 Å². The number of benzene rings is 2. The van der Waals surface area contributed by atoms with Gasteiger partial charge in [0.1, 0.15) is 5.75 Å². The largest absolute Gasteiger partial charge is 0.491 e. The Bertz CT molecular complexity index is 877. The van der Waals surface area contributed by atoms with Gasteiger partial charge in [-0.3, -0.25) is 9.52 Å². The van der Waals surface area contributed by atoms with Crippen molar-refractivity contribution >= 4 is 21.6 Å². The minimum atomic E-state index is -3.81. The molecule has 27 heavy (non-hydrogen) atoms. The molecule has 0 aliphatic carbocycles. The number of sulfonamides is 1. The van der Waals surface area contributed by atoms with E-state index in [1.807, 2.05) is 27.7 Å². The lowest BCUT2D eigenvalue weighted by atomic mass is 10.2. The predicted octanol–water partition coefficient (Wildman–Crippen LogP) is 3.80. The van der Waals surface area contributed by atoms with E-state index in [-0.39, 0.29) is 22.9 Å². The Kier molecular flexibility index (Phi) is 6.85. The molecule has 0 fully saturated rings. The molecule has 1 unspecified atom stereocenters. The second kappa shape index (κ2) is 8.90. The van der Waals surface area contributed by atoms with Crippen LogP contribution in [0.15, 0.2) is 53.4 Å². The van der Waals surface area contributed by atoms with Crippen molar-refractivity contribution in [3.63, 3.8) is 0 Å². The number of carbonyl (C=O) groups excluding carboxylic acids is 1. The van der Waals surface area contributed by atoms with E-state index in [9.17, 15) is 13.2 Å². The van der Waals surface area contributed by atoms with Crippen molar-refractivity contribution in [3.8, 4) is 5.75 Å². The van der Waals surface area contributed by atoms with Gasteiger partial charge >= 0.3 is 0 Å². The highest BCUT2D eigenvalue weighted by Crippen LogP contribution is 2.21. The van der Waals surface area contributed by atoms with E-state index in [1.165, 1.54) is 12.1 Å². The highest BCUT2D eigenvalue weighted by atomic mass is 32.2. The summed E-state index contributed by atoms with van der Waals surface area (Å²) in [6, 6.07) is 12.7. The summed E-state index contributed by atoms with van der Waals surface area (Å²) in [6.07, 6.45) is 0.832. The van der Waals surface area contributed by atoms with Gasteiger partial charge in [-0.2, -0.15) is 0 Å². The maximum absolute atomic E-state index is 12.6. The Morgan fingerprint density at radius 1 is 1.07 bits per heavy atom. The molecule has 0 saturated heterocycles. The third-order valence-electron chi connectivity index (χ3n) is 3.87. The van der Waals surface area contributed by atoms with Crippen molar-refractivity contribution in [2.75, 3.05) is 4.72 Å². The summed E-state index contributed by atoms with van der Waals surface area (Å²) < 4.78 is 33.4. The molecule has 0 radical (unpaired) electrons. The number of amides is 1. The van der Waals surface area contributed by atoms with Crippen LogP contribution in [0.4, 0.5) is 5.69 Å². The molecule has 2 rings (SSSR count). The molecule has 0 spiro atoms. The molecule has 1 amide bonds. The summed E-state index contributed by atoms with van der Waals surface area (Å²) >= 11 is 0. The normalized spacial score (nSPS) is 12.5. The zero-order chi connectivity index (χ0) is 20.0. The average Bonchev–Trinajstić information content (AvgIpc) is 2.62. The number of hydrogen-bond acceptors (Lipinski definition) is 4. The van der Waals surface area contributed by atoms with E-state index < -0.39 is 10.0 Å². The fraction of sp³-hybridized carbons (Fsp3) is 0.350. The summed E-state index contributed by atoms with van der Waals surface area (Å²) in [7, 11) is -3.81. The first-order valence-electron chi connectivity index (χ1n) is 8.91. The molecule has 0 aliphatic heterocycles. The number of anilines is 1. The quantitative estimate of drug-likeness (QED) is 0.718. The molecule has 0 aromatic heterocycles. The minimum absolute atomic E-state index is 0.0162. The lowest BCUT2D eigenvalue weighted by Crippen LogP contribution is -2.32. The van der Waals surface area contributed by atoms with Gasteiger partial charge in [-0.05, 0) is 69.7 Å². The molecule has 0 saturated carbocycles. The highest BCUT2D eigenvalue weighted by molar-refractivity contribution is 7.92. The average molecular weight is 391 g/mol. The SMILES string of the molecule is CCC(C)NC(=O)c1cccc(S(=O)(=O)Nc2ccc(OC(C)C)cc2)c1. The summed E-state index contributed by atoms with van der Waals surface area (Å²) in [5, 5.41) is 2.83. The Labute approximate surface area is 161 Å². The van der Waals surface area contributed by atoms with E-state index in [2.05, 4.69) is 10.0 Å². The van der Waals surface area contributed by atoms with Crippen LogP contribution in [0.1, 0.15) is 44.5 Å². The van der Waals surface area contributed by atoms with E-state index in [1.54, 1.807) is 36.4 Å². The topological polar surface area (TPSA) is 84.5 Å². The van der Waals surface area contributed by atoms with E-state index in [4.69, 9.17) is 4.74 Å². The van der Waals surface area contributed by atoms with Crippen LogP contribution in [0.25, 0.3) is 0 Å². The zero-order valence-electron chi connectivity index (χ0n) is 16.0. The fourth-order valence-electron chi connectivity index (χ4n) is 2.30. The zero-order valence-corrected chi connectivity index (χ0v) is 16.8. The fourth-order valence-corrected chi connectivity index (χ4v) is 3.41. The molecule has 2 aromatic carbocycles. The van der Waals surface area contributed by atoms with Gasteiger partial charge in [-0.15, -0.1) is 0 Å². The molecule has 6 nitrogen and oxygen atoms in total. The van der Waals surface area contributed by atoms with Crippen molar-refractivity contribution in [3.05, 3.63) is 54.1 Å². The standard InChI is InChI=1S/C20H26N2O4S/c1-5-15(4)21-20(23)16-7-6-8-19(13-16)27(24,25)22-17-9-11-18(12-10-17)26-14(2)3/h6-15,22H,5H2,1-4H3,(H,21,23). The van der Waals surface area contributed by atoms with Crippen LogP contribution < -0.4 is 14.8 Å². The van der Waals surface area contributed by atoms with Crippen molar-refractivity contribution < 1.29 is 17.9 Å². The van der Waals surface area contributed by atoms with Gasteiger partial charge in [0, 0.05) is 17.3 Å². The van der Waals surface area contributed by atoms with Crippen molar-refractivity contribution in [2.24, 2.45) is 0 Å². The molecular formula is C20H26N2O4S. The van der Waals surface area contributed by atoms with Gasteiger partial charge in [0.25, 0.3) is 15.9 Å². The van der Waals surface area contributed by atoms with Gasteiger partial charge in [-0.1, -0.05) is 13.0 Å². The molecule has 146 valence electrons. The Morgan fingerprint density at radius 2 is 1.74 bits per heavy atom. The van der Waals surface area contributed by atoms with Gasteiger partial charge in [0.15, 0.2) is 0 Å². The Balaban J connectivity index is 2.16. The van der Waals surface area contributed by atoms with Gasteiger partial charge in [0.05, 0.1) is 11.0 Å². The molecular weight excluding hydrogens is 364 g/mol. The predicted molar refractivity (Wildman–Crippen MR) is 107 cm³/mol. The van der Waals surface area contributed by atoms with Crippen LogP contribution in [0.3, 0.4) is 0 Å². The molecule has 0 aliphatic rings. The summed E-state index contributed by atoms with van der Waals surface area (Å²) in [6.45, 7) is 7.70. The van der Waals surface area contributed by atoms with Crippen LogP contribution in [-0.4, -0.2) is 26.5 Å². The number of ether oxygens (including phenoxy) is 1. The molecule has 0 heterocycles. The molecule has 0 bridgehead atoms. The first kappa shape index (κ1) is 20.8. The van der Waals surface area contributed by atoms with Crippen molar-refractivity contribution in [1.29, 1.82) is 0 Å². The molecule has 7 heteroatoms. The number of rotatable bonds is 8. The molecule has 2 N–H and O–H groups in total. The van der Waals surface area contributed by atoms with Gasteiger partial charge in [-0.25, -0.2) is 8.42 Å². The van der Waals surface area contributed by atoms with Crippen LogP contribution in [0.5, 0.6) is 5.75 Å². The van der Waals surface area contributed by atoms with Gasteiger partial charge < -0.3 is 10.1 Å². The minimum Gasteiger partial charge on any atom is -0.491 e. The number of carbonyl (C=O) groups is 1. The first-order valence-corrected chi connectivity index (χ1v) is 10.4. The van der Waals surface area contributed by atoms with E-state index in [0.29, 0.717) is 17.0 Å². The Hall–Kier alpha value is -2.54. The Morgan fingerprint density at radius 3 is 2.33 bits per heavy atom. The maximum Gasteiger partial charge on any atom is 0.261 e. The lowest BCUT2D eigenvalue weighted by Gasteiger charge is -2.13. The second-order valence-corrected chi connectivity index (χ2v) is 8.29. The van der Waals surface area contributed by atoms with E-state index >= 15 is 0 Å². The maximum atomic E-state index is 12.6. The second-order valence-electron chi connectivity index (χ2n) is 6.61. The van der Waals surface area contributed by atoms with Crippen molar-refractivity contribution in [1.82, 2.24) is 5.32 Å². The highest BCUT2D eigenvalue weighted by Gasteiger charge is 2.17. The molecule has 1 atom stereocenters. The lowest BCUT2D eigenvalue weighted by molar-refractivity contribution is 0.0939. The smallest absolute Gasteiger partial charge is 0.261 e. The van der Waals surface area contributed by atoms with Crippen LogP contribution in [0.2, 0.25) is 0 Å². The third kappa shape index (κ3) is 5.99. The monoisotopic (exact) mass is 390 g/mol. The van der Waals surface area contributed by atoms with Crippen LogP contribution in [0, 0.1) is 0 Å². The van der Waals surface area contributed by atoms with Gasteiger partial charge in [0.2, 0.25) is 0 Å².